The van der Waals surface area contributed by atoms with Crippen LogP contribution in [-0.4, -0.2) is 27.2 Å². The van der Waals surface area contributed by atoms with Crippen molar-refractivity contribution in [2.24, 2.45) is 0 Å². The van der Waals surface area contributed by atoms with E-state index in [-0.39, 0.29) is 11.9 Å². The normalized spacial score (nSPS) is 16.5. The third-order valence-corrected chi connectivity index (χ3v) is 4.54. The van der Waals surface area contributed by atoms with Crippen LogP contribution in [-0.2, 0) is 24.4 Å². The summed E-state index contributed by atoms with van der Waals surface area (Å²) in [7, 11) is 0. The smallest absolute Gasteiger partial charge is 0.135 e. The van der Waals surface area contributed by atoms with Crippen LogP contribution in [0, 0.1) is 12.7 Å². The number of pyridine rings is 1. The lowest BCUT2D eigenvalue weighted by atomic mass is 10.1. The van der Waals surface area contributed by atoms with E-state index in [0.717, 1.165) is 41.6 Å². The summed E-state index contributed by atoms with van der Waals surface area (Å²) in [5.74, 6) is 0.670. The Kier molecular flexibility index (Phi) is 4.77. The van der Waals surface area contributed by atoms with E-state index in [9.17, 15) is 4.39 Å². The summed E-state index contributed by atoms with van der Waals surface area (Å²) in [5, 5.41) is 3.42. The quantitative estimate of drug-likeness (QED) is 0.767. The first-order chi connectivity index (χ1) is 12.7. The zero-order valence-electron chi connectivity index (χ0n) is 14.7. The van der Waals surface area contributed by atoms with E-state index < -0.39 is 0 Å². The number of aromatic nitrogens is 3. The number of benzene rings is 1. The Morgan fingerprint density at radius 1 is 1.23 bits per heavy atom. The molecule has 3 aromatic rings. The molecule has 0 unspecified atom stereocenters. The van der Waals surface area contributed by atoms with E-state index in [1.54, 1.807) is 12.1 Å². The molecule has 0 fully saturated rings. The zero-order chi connectivity index (χ0) is 17.9. The highest BCUT2D eigenvalue weighted by molar-refractivity contribution is 5.59. The van der Waals surface area contributed by atoms with Crippen molar-refractivity contribution in [1.29, 1.82) is 0 Å². The van der Waals surface area contributed by atoms with Crippen molar-refractivity contribution in [3.63, 3.8) is 0 Å². The summed E-state index contributed by atoms with van der Waals surface area (Å²) >= 11 is 0. The first-order valence-electron chi connectivity index (χ1n) is 8.74. The predicted molar refractivity (Wildman–Crippen MR) is 96.9 cm³/mol. The summed E-state index contributed by atoms with van der Waals surface area (Å²) in [6.07, 6.45) is 1.89. The molecule has 1 atom stereocenters. The van der Waals surface area contributed by atoms with Gasteiger partial charge in [-0.25, -0.2) is 9.37 Å². The Bertz CT molecular complexity index is 891. The third-order valence-electron chi connectivity index (χ3n) is 4.54. The van der Waals surface area contributed by atoms with Crippen LogP contribution < -0.4 is 5.32 Å². The molecular formula is C20H21FN4O. The van der Waals surface area contributed by atoms with Crippen LogP contribution in [0.1, 0.15) is 17.2 Å². The maximum Gasteiger partial charge on any atom is 0.135 e. The van der Waals surface area contributed by atoms with E-state index in [2.05, 4.69) is 19.9 Å². The molecule has 134 valence electrons. The fraction of sp³-hybridized carbons (Fsp3) is 0.300. The maximum absolute atomic E-state index is 13.2. The van der Waals surface area contributed by atoms with E-state index in [4.69, 9.17) is 4.74 Å². The Labute approximate surface area is 151 Å². The maximum atomic E-state index is 13.2. The van der Waals surface area contributed by atoms with Crippen LogP contribution >= 0.6 is 0 Å². The molecule has 0 amide bonds. The fourth-order valence-corrected chi connectivity index (χ4v) is 3.22. The van der Waals surface area contributed by atoms with E-state index >= 15 is 0 Å². The molecule has 1 N–H and O–H groups in total. The van der Waals surface area contributed by atoms with Gasteiger partial charge in [0, 0.05) is 18.8 Å². The Hall–Kier alpha value is -2.57. The number of nitrogens with one attached hydrogen (secondary N) is 1. The number of rotatable bonds is 5. The lowest BCUT2D eigenvalue weighted by Crippen LogP contribution is -2.36. The number of nitrogens with zero attached hydrogens (tertiary/aromatic N) is 3. The molecule has 0 bridgehead atoms. The Morgan fingerprint density at radius 2 is 2.08 bits per heavy atom. The summed E-state index contributed by atoms with van der Waals surface area (Å²) in [6, 6.07) is 12.5. The Balaban J connectivity index is 1.41. The van der Waals surface area contributed by atoms with Gasteiger partial charge in [0.05, 0.1) is 30.2 Å². The van der Waals surface area contributed by atoms with Gasteiger partial charge in [-0.3, -0.25) is 4.98 Å². The number of hydrogen-bond donors (Lipinski definition) is 1. The SMILES string of the molecule is Cc1cccc(CNC[C@H]2Cn3c(-c4ccc(F)cc4)cnc3CO2)n1. The molecule has 0 saturated carbocycles. The van der Waals surface area contributed by atoms with Gasteiger partial charge in [0.15, 0.2) is 0 Å². The van der Waals surface area contributed by atoms with Gasteiger partial charge in [0.1, 0.15) is 18.2 Å². The number of aryl methyl sites for hydroxylation is 1. The molecule has 6 heteroatoms. The number of imidazole rings is 1. The predicted octanol–water partition coefficient (Wildman–Crippen LogP) is 3.08. The largest absolute Gasteiger partial charge is 0.367 e. The zero-order valence-corrected chi connectivity index (χ0v) is 14.7. The third kappa shape index (κ3) is 3.66. The lowest BCUT2D eigenvalue weighted by Gasteiger charge is -2.26. The number of ether oxygens (including phenoxy) is 1. The second-order valence-electron chi connectivity index (χ2n) is 6.51. The minimum Gasteiger partial charge on any atom is -0.367 e. The second-order valence-corrected chi connectivity index (χ2v) is 6.51. The molecule has 0 saturated heterocycles. The monoisotopic (exact) mass is 352 g/mol. The molecule has 3 heterocycles. The van der Waals surface area contributed by atoms with Crippen molar-refractivity contribution in [2.75, 3.05) is 6.54 Å². The van der Waals surface area contributed by atoms with E-state index in [1.807, 2.05) is 31.3 Å². The highest BCUT2D eigenvalue weighted by atomic mass is 19.1. The van der Waals surface area contributed by atoms with Gasteiger partial charge < -0.3 is 14.6 Å². The van der Waals surface area contributed by atoms with E-state index in [0.29, 0.717) is 13.2 Å². The van der Waals surface area contributed by atoms with Crippen molar-refractivity contribution in [3.05, 3.63) is 71.7 Å². The van der Waals surface area contributed by atoms with Crippen LogP contribution in [0.25, 0.3) is 11.3 Å². The van der Waals surface area contributed by atoms with Gasteiger partial charge >= 0.3 is 0 Å². The fourth-order valence-electron chi connectivity index (χ4n) is 3.22. The molecule has 0 aliphatic carbocycles. The molecule has 4 rings (SSSR count). The first-order valence-corrected chi connectivity index (χ1v) is 8.74. The van der Waals surface area contributed by atoms with Gasteiger partial charge in [-0.15, -0.1) is 0 Å². The Morgan fingerprint density at radius 3 is 2.88 bits per heavy atom. The highest BCUT2D eigenvalue weighted by Gasteiger charge is 2.22. The number of hydrogen-bond acceptors (Lipinski definition) is 4. The molecule has 5 nitrogen and oxygen atoms in total. The molecule has 1 aliphatic heterocycles. The molecule has 2 aromatic heterocycles. The standard InChI is InChI=1S/C20H21FN4O/c1-14-3-2-4-17(24-14)9-22-10-18-12-25-19(11-23-20(25)13-26-18)15-5-7-16(21)8-6-15/h2-8,11,18,22H,9-10,12-13H2,1H3/t18-/m0/s1. The lowest BCUT2D eigenvalue weighted by molar-refractivity contribution is 0.00322. The van der Waals surface area contributed by atoms with Crippen LogP contribution in [0.3, 0.4) is 0 Å². The van der Waals surface area contributed by atoms with Crippen LogP contribution in [0.5, 0.6) is 0 Å². The van der Waals surface area contributed by atoms with Crippen molar-refractivity contribution < 1.29 is 9.13 Å². The van der Waals surface area contributed by atoms with E-state index in [1.165, 1.54) is 12.1 Å². The molecule has 26 heavy (non-hydrogen) atoms. The van der Waals surface area contributed by atoms with Gasteiger partial charge in [-0.2, -0.15) is 0 Å². The minimum absolute atomic E-state index is 0.0562. The topological polar surface area (TPSA) is 52.0 Å². The van der Waals surface area contributed by atoms with Crippen LogP contribution in [0.2, 0.25) is 0 Å². The second kappa shape index (κ2) is 7.35. The van der Waals surface area contributed by atoms with Gasteiger partial charge in [0.25, 0.3) is 0 Å². The van der Waals surface area contributed by atoms with Crippen LogP contribution in [0.15, 0.2) is 48.7 Å². The van der Waals surface area contributed by atoms with Crippen molar-refractivity contribution >= 4 is 0 Å². The highest BCUT2D eigenvalue weighted by Crippen LogP contribution is 2.25. The first kappa shape index (κ1) is 16.9. The van der Waals surface area contributed by atoms with Crippen molar-refractivity contribution in [3.8, 4) is 11.3 Å². The summed E-state index contributed by atoms with van der Waals surface area (Å²) in [6.45, 7) is 4.64. The number of fused-ring (bicyclic) bond motifs is 1. The molecule has 0 radical (unpaired) electrons. The average Bonchev–Trinajstić information content (AvgIpc) is 3.06. The van der Waals surface area contributed by atoms with Gasteiger partial charge in [-0.1, -0.05) is 6.07 Å². The molecule has 1 aromatic carbocycles. The molecule has 0 spiro atoms. The average molecular weight is 352 g/mol. The minimum atomic E-state index is -0.234. The summed E-state index contributed by atoms with van der Waals surface area (Å²) in [4.78, 5) is 8.94. The van der Waals surface area contributed by atoms with Crippen molar-refractivity contribution in [1.82, 2.24) is 19.9 Å². The van der Waals surface area contributed by atoms with Crippen LogP contribution in [0.4, 0.5) is 4.39 Å². The molecular weight excluding hydrogens is 331 g/mol. The summed E-state index contributed by atoms with van der Waals surface area (Å²) in [5.41, 5.74) is 4.00. The van der Waals surface area contributed by atoms with Gasteiger partial charge in [-0.05, 0) is 48.9 Å². The molecule has 1 aliphatic rings. The van der Waals surface area contributed by atoms with Crippen molar-refractivity contribution in [2.45, 2.75) is 32.7 Å². The van der Waals surface area contributed by atoms with Gasteiger partial charge in [0.2, 0.25) is 0 Å². The number of halogens is 1. The summed E-state index contributed by atoms with van der Waals surface area (Å²) < 4.78 is 21.2.